The zero-order valence-corrected chi connectivity index (χ0v) is 13.5. The van der Waals surface area contributed by atoms with Gasteiger partial charge < -0.3 is 10.6 Å². The van der Waals surface area contributed by atoms with Crippen molar-refractivity contribution in [3.8, 4) is 0 Å². The highest BCUT2D eigenvalue weighted by Gasteiger charge is 2.09. The molecular weight excluding hydrogens is 264 g/mol. The zero-order chi connectivity index (χ0) is 15.8. The Kier molecular flexibility index (Phi) is 6.92. The summed E-state index contributed by atoms with van der Waals surface area (Å²) in [5.74, 6) is -0.0728. The highest BCUT2D eigenvalue weighted by molar-refractivity contribution is 5.95. The number of nitrogens with one attached hydrogen (secondary N) is 2. The van der Waals surface area contributed by atoms with Crippen molar-refractivity contribution in [2.45, 2.75) is 53.4 Å². The van der Waals surface area contributed by atoms with E-state index in [4.69, 9.17) is 0 Å². The molecule has 0 atom stereocenters. The first kappa shape index (κ1) is 17.2. The lowest BCUT2D eigenvalue weighted by Gasteiger charge is -2.12. The van der Waals surface area contributed by atoms with Gasteiger partial charge in [0, 0.05) is 23.7 Å². The SMILES string of the molecule is CCCCCC(=O)Nc1cc(NC(=O)C(C)C)ccc1C. The normalized spacial score (nSPS) is 10.5. The first-order chi connectivity index (χ1) is 9.93. The summed E-state index contributed by atoms with van der Waals surface area (Å²) in [6, 6.07) is 5.56. The molecule has 0 aromatic heterocycles. The van der Waals surface area contributed by atoms with E-state index < -0.39 is 0 Å². The van der Waals surface area contributed by atoms with E-state index in [1.54, 1.807) is 0 Å². The highest BCUT2D eigenvalue weighted by Crippen LogP contribution is 2.21. The van der Waals surface area contributed by atoms with Crippen LogP contribution in [0.2, 0.25) is 0 Å². The minimum absolute atomic E-state index is 0.0267. The van der Waals surface area contributed by atoms with Gasteiger partial charge >= 0.3 is 0 Å². The van der Waals surface area contributed by atoms with Crippen molar-refractivity contribution < 1.29 is 9.59 Å². The van der Waals surface area contributed by atoms with E-state index in [0.717, 1.165) is 30.5 Å². The van der Waals surface area contributed by atoms with Gasteiger partial charge in [0.05, 0.1) is 0 Å². The molecule has 0 fully saturated rings. The largest absolute Gasteiger partial charge is 0.326 e. The molecule has 4 nitrogen and oxygen atoms in total. The summed E-state index contributed by atoms with van der Waals surface area (Å²) in [6.07, 6.45) is 3.61. The number of carbonyl (C=O) groups excluding carboxylic acids is 2. The highest BCUT2D eigenvalue weighted by atomic mass is 16.2. The summed E-state index contributed by atoms with van der Waals surface area (Å²) >= 11 is 0. The van der Waals surface area contributed by atoms with Crippen LogP contribution in [0.15, 0.2) is 18.2 Å². The molecule has 116 valence electrons. The lowest BCUT2D eigenvalue weighted by Crippen LogP contribution is -2.18. The van der Waals surface area contributed by atoms with Crippen LogP contribution in [0.3, 0.4) is 0 Å². The van der Waals surface area contributed by atoms with E-state index in [-0.39, 0.29) is 17.7 Å². The molecule has 0 spiro atoms. The average molecular weight is 290 g/mol. The van der Waals surface area contributed by atoms with Gasteiger partial charge in [-0.25, -0.2) is 0 Å². The first-order valence-electron chi connectivity index (χ1n) is 7.65. The fourth-order valence-corrected chi connectivity index (χ4v) is 1.87. The molecule has 0 aliphatic rings. The van der Waals surface area contributed by atoms with Crippen molar-refractivity contribution >= 4 is 23.2 Å². The molecule has 0 saturated heterocycles. The molecule has 1 rings (SSSR count). The Hall–Kier alpha value is -1.84. The molecule has 0 heterocycles. The van der Waals surface area contributed by atoms with Crippen molar-refractivity contribution in [3.05, 3.63) is 23.8 Å². The number of unbranched alkanes of at least 4 members (excludes halogenated alkanes) is 2. The maximum absolute atomic E-state index is 11.9. The predicted molar refractivity (Wildman–Crippen MR) is 87.4 cm³/mol. The Morgan fingerprint density at radius 1 is 1.14 bits per heavy atom. The maximum Gasteiger partial charge on any atom is 0.226 e. The van der Waals surface area contributed by atoms with E-state index in [0.29, 0.717) is 12.1 Å². The third kappa shape index (κ3) is 5.98. The Morgan fingerprint density at radius 2 is 1.86 bits per heavy atom. The van der Waals surface area contributed by atoms with Gasteiger partial charge in [0.25, 0.3) is 0 Å². The van der Waals surface area contributed by atoms with Gasteiger partial charge in [-0.1, -0.05) is 39.7 Å². The molecule has 0 radical (unpaired) electrons. The summed E-state index contributed by atoms with van der Waals surface area (Å²) in [4.78, 5) is 23.6. The number of benzene rings is 1. The monoisotopic (exact) mass is 290 g/mol. The van der Waals surface area contributed by atoms with E-state index in [9.17, 15) is 9.59 Å². The Labute approximate surface area is 127 Å². The summed E-state index contributed by atoms with van der Waals surface area (Å²) in [6.45, 7) is 7.75. The third-order valence-corrected chi connectivity index (χ3v) is 3.31. The molecule has 0 unspecified atom stereocenters. The summed E-state index contributed by atoms with van der Waals surface area (Å²) in [7, 11) is 0. The van der Waals surface area contributed by atoms with Gasteiger partial charge in [0.2, 0.25) is 11.8 Å². The quantitative estimate of drug-likeness (QED) is 0.742. The van der Waals surface area contributed by atoms with Crippen LogP contribution < -0.4 is 10.6 Å². The van der Waals surface area contributed by atoms with Crippen LogP contribution >= 0.6 is 0 Å². The number of anilines is 2. The van der Waals surface area contributed by atoms with Gasteiger partial charge in [-0.3, -0.25) is 9.59 Å². The first-order valence-corrected chi connectivity index (χ1v) is 7.65. The van der Waals surface area contributed by atoms with Crippen molar-refractivity contribution in [1.82, 2.24) is 0 Å². The Morgan fingerprint density at radius 3 is 2.48 bits per heavy atom. The molecule has 0 aliphatic carbocycles. The van der Waals surface area contributed by atoms with Crippen LogP contribution in [0.4, 0.5) is 11.4 Å². The standard InChI is InChI=1S/C17H26N2O2/c1-5-6-7-8-16(20)19-15-11-14(10-9-13(15)4)18-17(21)12(2)3/h9-12H,5-8H2,1-4H3,(H,18,21)(H,19,20). The number of aryl methyl sites for hydroxylation is 1. The van der Waals surface area contributed by atoms with E-state index in [1.165, 1.54) is 0 Å². The molecule has 21 heavy (non-hydrogen) atoms. The molecule has 0 aliphatic heterocycles. The van der Waals surface area contributed by atoms with E-state index >= 15 is 0 Å². The fourth-order valence-electron chi connectivity index (χ4n) is 1.87. The number of hydrogen-bond acceptors (Lipinski definition) is 2. The fraction of sp³-hybridized carbons (Fsp3) is 0.529. The van der Waals surface area contributed by atoms with E-state index in [1.807, 2.05) is 39.0 Å². The minimum Gasteiger partial charge on any atom is -0.326 e. The average Bonchev–Trinajstić information content (AvgIpc) is 2.42. The molecular formula is C17H26N2O2. The predicted octanol–water partition coefficient (Wildman–Crippen LogP) is 4.11. The van der Waals surface area contributed by atoms with Crippen molar-refractivity contribution in [1.29, 1.82) is 0 Å². The second kappa shape index (κ2) is 8.45. The van der Waals surface area contributed by atoms with Gasteiger partial charge in [0.1, 0.15) is 0 Å². The third-order valence-electron chi connectivity index (χ3n) is 3.31. The van der Waals surface area contributed by atoms with Crippen LogP contribution in [-0.4, -0.2) is 11.8 Å². The number of carbonyl (C=O) groups is 2. The van der Waals surface area contributed by atoms with Crippen LogP contribution in [0.1, 0.15) is 52.0 Å². The number of amides is 2. The second-order valence-corrected chi connectivity index (χ2v) is 5.68. The smallest absolute Gasteiger partial charge is 0.226 e. The summed E-state index contributed by atoms with van der Waals surface area (Å²) in [5.41, 5.74) is 2.46. The lowest BCUT2D eigenvalue weighted by molar-refractivity contribution is -0.119. The Bertz CT molecular complexity index is 496. The van der Waals surface area contributed by atoms with Crippen molar-refractivity contribution in [3.63, 3.8) is 0 Å². The maximum atomic E-state index is 11.9. The van der Waals surface area contributed by atoms with Crippen molar-refractivity contribution in [2.24, 2.45) is 5.92 Å². The lowest BCUT2D eigenvalue weighted by atomic mass is 10.1. The summed E-state index contributed by atoms with van der Waals surface area (Å²) < 4.78 is 0. The second-order valence-electron chi connectivity index (χ2n) is 5.68. The molecule has 1 aromatic rings. The van der Waals surface area contributed by atoms with Crippen molar-refractivity contribution in [2.75, 3.05) is 10.6 Å². The number of rotatable bonds is 7. The van der Waals surface area contributed by atoms with Gasteiger partial charge in [-0.05, 0) is 31.0 Å². The van der Waals surface area contributed by atoms with Crippen LogP contribution in [0, 0.1) is 12.8 Å². The zero-order valence-electron chi connectivity index (χ0n) is 13.5. The molecule has 2 amide bonds. The summed E-state index contributed by atoms with van der Waals surface area (Å²) in [5, 5.41) is 5.77. The van der Waals surface area contributed by atoms with Gasteiger partial charge in [-0.15, -0.1) is 0 Å². The molecule has 4 heteroatoms. The Balaban J connectivity index is 2.69. The molecule has 1 aromatic carbocycles. The number of hydrogen-bond donors (Lipinski definition) is 2. The van der Waals surface area contributed by atoms with Gasteiger partial charge in [-0.2, -0.15) is 0 Å². The van der Waals surface area contributed by atoms with Crippen LogP contribution in [-0.2, 0) is 9.59 Å². The molecule has 2 N–H and O–H groups in total. The molecule has 0 saturated carbocycles. The van der Waals surface area contributed by atoms with Crippen LogP contribution in [0.25, 0.3) is 0 Å². The van der Waals surface area contributed by atoms with E-state index in [2.05, 4.69) is 17.6 Å². The molecule has 0 bridgehead atoms. The van der Waals surface area contributed by atoms with Gasteiger partial charge in [0.15, 0.2) is 0 Å². The minimum atomic E-state index is -0.0709. The topological polar surface area (TPSA) is 58.2 Å². The van der Waals surface area contributed by atoms with Crippen LogP contribution in [0.5, 0.6) is 0 Å².